The molecule has 0 unspecified atom stereocenters. The maximum atomic E-state index is 12.4. The van der Waals surface area contributed by atoms with Crippen molar-refractivity contribution >= 4 is 34.1 Å². The summed E-state index contributed by atoms with van der Waals surface area (Å²) in [4.78, 5) is 19.8. The summed E-state index contributed by atoms with van der Waals surface area (Å²) in [7, 11) is 1.56. The zero-order valence-electron chi connectivity index (χ0n) is 15.4. The number of nitrogens with zero attached hydrogens (tertiary/aromatic N) is 1. The van der Waals surface area contributed by atoms with Gasteiger partial charge in [-0.1, -0.05) is 41.4 Å². The topological polar surface area (TPSA) is 64.2 Å². The molecule has 0 atom stereocenters. The van der Waals surface area contributed by atoms with E-state index in [-0.39, 0.29) is 12.2 Å². The van der Waals surface area contributed by atoms with Crippen LogP contribution in [0, 0.1) is 0 Å². The van der Waals surface area contributed by atoms with Gasteiger partial charge in [0, 0.05) is 21.2 Å². The predicted molar refractivity (Wildman–Crippen MR) is 115 cm³/mol. The first-order valence-electron chi connectivity index (χ1n) is 8.79. The number of hydrogen-bond donors (Lipinski definition) is 1. The van der Waals surface area contributed by atoms with Gasteiger partial charge >= 0.3 is 0 Å². The lowest BCUT2D eigenvalue weighted by Gasteiger charge is -2.13. The Balaban J connectivity index is 1.69. The second-order valence-electron chi connectivity index (χ2n) is 6.32. The van der Waals surface area contributed by atoms with E-state index in [1.54, 1.807) is 49.6 Å². The van der Waals surface area contributed by atoms with Gasteiger partial charge in [-0.15, -0.1) is 0 Å². The summed E-state index contributed by atoms with van der Waals surface area (Å²) >= 11 is 12.2. The summed E-state index contributed by atoms with van der Waals surface area (Å²) in [6.07, 6.45) is 0. The van der Waals surface area contributed by atoms with Crippen LogP contribution in [-0.2, 0) is 6.61 Å². The van der Waals surface area contributed by atoms with E-state index < -0.39 is 0 Å². The lowest BCUT2D eigenvalue weighted by molar-refractivity contribution is 0.284. The van der Waals surface area contributed by atoms with Crippen molar-refractivity contribution in [3.8, 4) is 22.9 Å². The summed E-state index contributed by atoms with van der Waals surface area (Å²) in [5.74, 6) is 1.51. The summed E-state index contributed by atoms with van der Waals surface area (Å²) in [5, 5.41) is 1.62. The van der Waals surface area contributed by atoms with Crippen molar-refractivity contribution in [2.24, 2.45) is 0 Å². The summed E-state index contributed by atoms with van der Waals surface area (Å²) in [6.45, 7) is 0.234. The van der Waals surface area contributed by atoms with Crippen LogP contribution in [0.2, 0.25) is 10.0 Å². The molecule has 5 nitrogen and oxygen atoms in total. The van der Waals surface area contributed by atoms with Crippen molar-refractivity contribution in [3.05, 3.63) is 86.6 Å². The molecule has 0 radical (unpaired) electrons. The predicted octanol–water partition coefficient (Wildman–Crippen LogP) is 5.48. The Morgan fingerprint density at radius 3 is 2.62 bits per heavy atom. The highest BCUT2D eigenvalue weighted by Gasteiger charge is 2.12. The van der Waals surface area contributed by atoms with Crippen LogP contribution in [0.5, 0.6) is 11.5 Å². The van der Waals surface area contributed by atoms with Crippen LogP contribution < -0.4 is 15.0 Å². The van der Waals surface area contributed by atoms with Crippen LogP contribution in [-0.4, -0.2) is 17.1 Å². The molecule has 3 aromatic carbocycles. The smallest absolute Gasteiger partial charge is 0.259 e. The van der Waals surface area contributed by atoms with Crippen molar-refractivity contribution in [3.63, 3.8) is 0 Å². The monoisotopic (exact) mass is 426 g/mol. The van der Waals surface area contributed by atoms with Crippen molar-refractivity contribution in [2.45, 2.75) is 6.61 Å². The number of aromatic nitrogens is 2. The molecule has 1 heterocycles. The molecule has 0 aliphatic carbocycles. The third-order valence-electron chi connectivity index (χ3n) is 4.45. The van der Waals surface area contributed by atoms with Gasteiger partial charge in [0.15, 0.2) is 11.5 Å². The van der Waals surface area contributed by atoms with E-state index in [0.29, 0.717) is 43.8 Å². The Morgan fingerprint density at radius 2 is 1.83 bits per heavy atom. The molecule has 0 saturated carbocycles. The van der Waals surface area contributed by atoms with Gasteiger partial charge in [0.25, 0.3) is 5.56 Å². The van der Waals surface area contributed by atoms with Crippen LogP contribution in [0.1, 0.15) is 5.56 Å². The van der Waals surface area contributed by atoms with Gasteiger partial charge in [-0.25, -0.2) is 4.98 Å². The average molecular weight is 427 g/mol. The van der Waals surface area contributed by atoms with E-state index in [2.05, 4.69) is 9.97 Å². The van der Waals surface area contributed by atoms with Crippen LogP contribution in [0.4, 0.5) is 0 Å². The molecular formula is C22H16Cl2N2O3. The van der Waals surface area contributed by atoms with Gasteiger partial charge < -0.3 is 14.5 Å². The number of H-pyrrole nitrogens is 1. The molecule has 0 amide bonds. The van der Waals surface area contributed by atoms with E-state index in [0.717, 1.165) is 5.56 Å². The van der Waals surface area contributed by atoms with E-state index >= 15 is 0 Å². The molecule has 7 heteroatoms. The highest BCUT2D eigenvalue weighted by molar-refractivity contribution is 6.35. The molecule has 4 aromatic rings. The van der Waals surface area contributed by atoms with Crippen molar-refractivity contribution < 1.29 is 9.47 Å². The largest absolute Gasteiger partial charge is 0.493 e. The molecule has 1 N–H and O–H groups in total. The zero-order chi connectivity index (χ0) is 20.4. The number of para-hydroxylation sites is 1. The van der Waals surface area contributed by atoms with E-state index in [1.807, 2.05) is 18.2 Å². The number of halogens is 2. The maximum Gasteiger partial charge on any atom is 0.259 e. The highest BCUT2D eigenvalue weighted by Crippen LogP contribution is 2.33. The SMILES string of the molecule is COc1ccc(-c2nc3ccccc3c(=O)[nH]2)cc1OCc1ccc(Cl)cc1Cl. The number of rotatable bonds is 5. The fourth-order valence-corrected chi connectivity index (χ4v) is 3.42. The molecular weight excluding hydrogens is 411 g/mol. The van der Waals surface area contributed by atoms with Crippen LogP contribution >= 0.6 is 23.2 Å². The molecule has 0 saturated heterocycles. The minimum Gasteiger partial charge on any atom is -0.493 e. The lowest BCUT2D eigenvalue weighted by Crippen LogP contribution is -2.09. The molecule has 29 heavy (non-hydrogen) atoms. The number of benzene rings is 3. The Kier molecular flexibility index (Phi) is 5.43. The molecule has 0 fully saturated rings. The lowest BCUT2D eigenvalue weighted by atomic mass is 10.1. The van der Waals surface area contributed by atoms with Gasteiger partial charge in [-0.2, -0.15) is 0 Å². The van der Waals surface area contributed by atoms with Crippen molar-refractivity contribution in [1.82, 2.24) is 9.97 Å². The fourth-order valence-electron chi connectivity index (χ4n) is 2.95. The Bertz CT molecular complexity index is 1250. The van der Waals surface area contributed by atoms with Crippen molar-refractivity contribution in [1.29, 1.82) is 0 Å². The fraction of sp³-hybridized carbons (Fsp3) is 0.0909. The third-order valence-corrected chi connectivity index (χ3v) is 5.04. The summed E-state index contributed by atoms with van der Waals surface area (Å²) in [6, 6.07) is 17.8. The number of nitrogens with one attached hydrogen (secondary N) is 1. The first kappa shape index (κ1) is 19.3. The van der Waals surface area contributed by atoms with E-state index in [4.69, 9.17) is 32.7 Å². The Hall–Kier alpha value is -3.02. The molecule has 146 valence electrons. The number of methoxy groups -OCH3 is 1. The van der Waals surface area contributed by atoms with E-state index in [9.17, 15) is 4.79 Å². The molecule has 4 rings (SSSR count). The number of aromatic amines is 1. The zero-order valence-corrected chi connectivity index (χ0v) is 16.9. The van der Waals surface area contributed by atoms with Crippen LogP contribution in [0.25, 0.3) is 22.3 Å². The minimum atomic E-state index is -0.197. The first-order chi connectivity index (χ1) is 14.0. The third kappa shape index (κ3) is 4.06. The first-order valence-corrected chi connectivity index (χ1v) is 9.55. The maximum absolute atomic E-state index is 12.4. The average Bonchev–Trinajstić information content (AvgIpc) is 2.73. The second kappa shape index (κ2) is 8.15. The van der Waals surface area contributed by atoms with E-state index in [1.165, 1.54) is 0 Å². The minimum absolute atomic E-state index is 0.197. The Labute approximate surface area is 176 Å². The number of fused-ring (bicyclic) bond motifs is 1. The number of hydrogen-bond acceptors (Lipinski definition) is 4. The van der Waals surface area contributed by atoms with Crippen LogP contribution in [0.3, 0.4) is 0 Å². The molecule has 0 aliphatic heterocycles. The molecule has 0 aliphatic rings. The second-order valence-corrected chi connectivity index (χ2v) is 7.17. The van der Waals surface area contributed by atoms with Gasteiger partial charge in [0.1, 0.15) is 12.4 Å². The highest BCUT2D eigenvalue weighted by atomic mass is 35.5. The Morgan fingerprint density at radius 1 is 1.00 bits per heavy atom. The van der Waals surface area contributed by atoms with Gasteiger partial charge in [0.05, 0.1) is 18.0 Å². The number of ether oxygens (including phenoxy) is 2. The molecule has 0 bridgehead atoms. The van der Waals surface area contributed by atoms with Crippen LogP contribution in [0.15, 0.2) is 65.5 Å². The van der Waals surface area contributed by atoms with Gasteiger partial charge in [-0.05, 0) is 42.5 Å². The van der Waals surface area contributed by atoms with Crippen molar-refractivity contribution in [2.75, 3.05) is 7.11 Å². The normalized spacial score (nSPS) is 10.9. The summed E-state index contributed by atoms with van der Waals surface area (Å²) < 4.78 is 11.3. The van der Waals surface area contributed by atoms with Gasteiger partial charge in [0.2, 0.25) is 0 Å². The molecule has 1 aromatic heterocycles. The van der Waals surface area contributed by atoms with Gasteiger partial charge in [-0.3, -0.25) is 4.79 Å². The quantitative estimate of drug-likeness (QED) is 0.458. The standard InChI is InChI=1S/C22H16Cl2N2O3/c1-28-19-9-7-13(21-25-18-5-3-2-4-16(18)22(27)26-21)10-20(19)29-12-14-6-8-15(23)11-17(14)24/h2-11H,12H2,1H3,(H,25,26,27). The summed E-state index contributed by atoms with van der Waals surface area (Å²) in [5.41, 5.74) is 1.92. The molecule has 0 spiro atoms.